The third kappa shape index (κ3) is 22.3. The number of hydrogen-bond donors (Lipinski definition) is 7. The molecule has 1 aromatic heterocycles. The number of rotatable bonds is 38. The summed E-state index contributed by atoms with van der Waals surface area (Å²) in [7, 11) is 6.16. The lowest BCUT2D eigenvalue weighted by atomic mass is 9.89. The molecule has 5 rings (SSSR count). The Bertz CT molecular complexity index is 3160. The van der Waals surface area contributed by atoms with Gasteiger partial charge in [0, 0.05) is 96.5 Å². The average Bonchev–Trinajstić information content (AvgIpc) is 1.83. The van der Waals surface area contributed by atoms with E-state index in [1.165, 1.54) is 31.2 Å². The van der Waals surface area contributed by atoms with E-state index in [4.69, 9.17) is 19.9 Å². The van der Waals surface area contributed by atoms with Crippen molar-refractivity contribution in [2.24, 2.45) is 35.3 Å². The minimum absolute atomic E-state index is 0.0644. The summed E-state index contributed by atoms with van der Waals surface area (Å²) in [4.78, 5) is 157. The van der Waals surface area contributed by atoms with Gasteiger partial charge in [-0.25, -0.2) is 9.59 Å². The molecule has 26 nitrogen and oxygen atoms in total. The molecule has 2 aliphatic heterocycles. The number of carbonyl (C=O) groups excluding carboxylic acids is 11. The first-order chi connectivity index (χ1) is 45.6. The van der Waals surface area contributed by atoms with Crippen molar-refractivity contribution in [3.63, 3.8) is 0 Å². The third-order valence-electron chi connectivity index (χ3n) is 18.2. The molecule has 3 aromatic rings. The monoisotopic (exact) mass is 1340 g/mol. The van der Waals surface area contributed by atoms with E-state index in [-0.39, 0.29) is 92.8 Å². The van der Waals surface area contributed by atoms with E-state index in [9.17, 15) is 52.7 Å². The summed E-state index contributed by atoms with van der Waals surface area (Å²) in [6, 6.07) is 8.40. The van der Waals surface area contributed by atoms with Crippen molar-refractivity contribution in [1.29, 1.82) is 0 Å². The fourth-order valence-corrected chi connectivity index (χ4v) is 12.6. The zero-order valence-corrected chi connectivity index (χ0v) is 58.3. The highest BCUT2D eigenvalue weighted by Crippen LogP contribution is 2.30. The second-order valence-electron chi connectivity index (χ2n) is 26.2. The Hall–Kier alpha value is -8.52. The number of ether oxygens (including phenoxy) is 3. The Morgan fingerprint density at radius 2 is 1.42 bits per heavy atom. The molecule has 0 radical (unpaired) electrons. The number of nitrogens with one attached hydrogen (secondary N) is 6. The average molecular weight is 1340 g/mol. The van der Waals surface area contributed by atoms with Gasteiger partial charge in [-0.05, 0) is 103 Å². The molecule has 8 N–H and O–H groups in total. The van der Waals surface area contributed by atoms with E-state index >= 15 is 0 Å². The number of nitrogens with zero attached hydrogens (tertiary/aromatic N) is 5. The van der Waals surface area contributed by atoms with Crippen LogP contribution in [0.4, 0.5) is 15.3 Å². The molecule has 0 bridgehead atoms. The zero-order valence-electron chi connectivity index (χ0n) is 58.3. The summed E-state index contributed by atoms with van der Waals surface area (Å²) >= 11 is 0. The number of urea groups is 1. The van der Waals surface area contributed by atoms with Gasteiger partial charge in [-0.15, -0.1) is 0 Å². The lowest BCUT2D eigenvalue weighted by molar-refractivity contribution is -0.148. The van der Waals surface area contributed by atoms with E-state index in [2.05, 4.69) is 36.9 Å². The van der Waals surface area contributed by atoms with Crippen LogP contribution in [0, 0.1) is 29.6 Å². The lowest BCUT2D eigenvalue weighted by Gasteiger charge is -2.41. The molecule has 96 heavy (non-hydrogen) atoms. The van der Waals surface area contributed by atoms with Crippen LogP contribution in [0.5, 0.6) is 0 Å². The van der Waals surface area contributed by atoms with Gasteiger partial charge in [0.05, 0.1) is 36.6 Å². The van der Waals surface area contributed by atoms with Crippen LogP contribution in [0.25, 0.3) is 10.8 Å². The van der Waals surface area contributed by atoms with E-state index in [1.54, 1.807) is 82.1 Å². The summed E-state index contributed by atoms with van der Waals surface area (Å²) < 4.78 is 17.8. The van der Waals surface area contributed by atoms with Crippen molar-refractivity contribution in [2.75, 3.05) is 59.8 Å². The number of aromatic nitrogens is 1. The summed E-state index contributed by atoms with van der Waals surface area (Å²) in [5.41, 5.74) is 7.21. The van der Waals surface area contributed by atoms with Crippen LogP contribution >= 0.6 is 0 Å². The maximum absolute atomic E-state index is 14.8. The molecule has 3 heterocycles. The minimum atomic E-state index is -1.11. The van der Waals surface area contributed by atoms with Crippen LogP contribution in [-0.2, 0) is 70.4 Å². The van der Waals surface area contributed by atoms with Crippen molar-refractivity contribution in [1.82, 2.24) is 51.2 Å². The van der Waals surface area contributed by atoms with Gasteiger partial charge in [0.25, 0.3) is 11.8 Å². The zero-order chi connectivity index (χ0) is 70.9. The number of anilines is 1. The van der Waals surface area contributed by atoms with Gasteiger partial charge in [0.2, 0.25) is 41.4 Å². The first-order valence-corrected chi connectivity index (χ1v) is 33.6. The molecule has 0 aliphatic carbocycles. The van der Waals surface area contributed by atoms with E-state index in [0.29, 0.717) is 69.3 Å². The smallest absolute Gasteiger partial charge is 0.410 e. The van der Waals surface area contributed by atoms with Crippen molar-refractivity contribution in [3.05, 3.63) is 84.2 Å². The summed E-state index contributed by atoms with van der Waals surface area (Å²) in [5.74, 6) is -5.66. The Balaban J connectivity index is 1.16. The molecule has 528 valence electrons. The van der Waals surface area contributed by atoms with Gasteiger partial charge < -0.3 is 61.6 Å². The number of nitrogens with two attached hydrogens (primary N) is 1. The standard InChI is InChI=1S/C70H104N12O14/c1-14-45(8)62(54(94-12)39-58(86)81-38-20-24-53(81)63(95-13)46(9)64(87)73-36-32-48-21-18-22-49-40-72-35-33-51(48)49)79(10)68(91)60(43(4)5)78-67(90)61(44(6)7)80(11)70(93)96-41-47-26-28-50(29-27-47)75-65(88)52(23-19-34-74-69(71)92)76-66(89)59(42(2)3)77-55(83)25-16-15-17-37-82-56(84)30-31-57(82)85/h18,21-22,26-31,33,35,40,42-46,52-54,59-63H,14-17,19-20,23-25,32,34,36-39,41H2,1-13H3,(H,73,87)(H,75,88)(H,76,89)(H,77,83)(H,78,90)(H3,71,74,92)/t45-,46+,52-,53-,54+,59-,60-,61-,62-,63+/m0/s1. The number of imide groups is 1. The number of benzene rings is 2. The maximum Gasteiger partial charge on any atom is 0.410 e. The first-order valence-electron chi connectivity index (χ1n) is 33.6. The Morgan fingerprint density at radius 3 is 2.04 bits per heavy atom. The second-order valence-corrected chi connectivity index (χ2v) is 26.2. The number of pyridine rings is 1. The normalized spacial score (nSPS) is 16.6. The minimum Gasteiger partial charge on any atom is -0.445 e. The first kappa shape index (κ1) is 78.2. The number of primary amides is 1. The molecule has 2 aliphatic rings. The number of likely N-dealkylation sites (tertiary alicyclic amines) is 1. The molecule has 1 fully saturated rings. The fourth-order valence-electron chi connectivity index (χ4n) is 12.6. The molecule has 10 atom stereocenters. The van der Waals surface area contributed by atoms with E-state index < -0.39 is 95.9 Å². The van der Waals surface area contributed by atoms with Gasteiger partial charge in [-0.3, -0.25) is 57.9 Å². The molecule has 26 heteroatoms. The highest BCUT2D eigenvalue weighted by Gasteiger charge is 2.44. The van der Waals surface area contributed by atoms with E-state index in [0.717, 1.165) is 21.2 Å². The number of fused-ring (bicyclic) bond motifs is 1. The van der Waals surface area contributed by atoms with Crippen LogP contribution in [0.1, 0.15) is 138 Å². The summed E-state index contributed by atoms with van der Waals surface area (Å²) in [6.07, 6.45) is 8.31. The molecular weight excluding hydrogens is 1230 g/mol. The highest BCUT2D eigenvalue weighted by molar-refractivity contribution is 6.12. The quantitative estimate of drug-likeness (QED) is 0.0265. The third-order valence-corrected chi connectivity index (χ3v) is 18.2. The Labute approximate surface area is 565 Å². The number of likely N-dealkylation sites (N-methyl/N-ethyl adjacent to an activating group) is 2. The number of amides is 12. The summed E-state index contributed by atoms with van der Waals surface area (Å²) in [5, 5.41) is 18.9. The number of carbonyl (C=O) groups is 11. The van der Waals surface area contributed by atoms with Crippen molar-refractivity contribution in [2.45, 2.75) is 188 Å². The molecule has 0 spiro atoms. The SMILES string of the molecule is CC[C@H](C)[C@@H]([C@@H](CC(=O)N1CCC[C@H]1[C@H](OC)[C@@H](C)C(=O)NCCc1cccc2cnccc12)OC)N(C)C(=O)[C@@H](NC(=O)[C@H](C(C)C)N(C)C(=O)OCc1ccc(NC(=O)[C@H](CCCNC(N)=O)NC(=O)[C@@H](NC(=O)CCCCCN2C(=O)C=CC2=O)C(C)C)cc1)C(C)C. The molecule has 2 aromatic carbocycles. The Kier molecular flexibility index (Phi) is 31.2. The van der Waals surface area contributed by atoms with Gasteiger partial charge in [0.15, 0.2) is 0 Å². The Morgan fingerprint density at radius 1 is 0.729 bits per heavy atom. The molecule has 1 saturated heterocycles. The van der Waals surface area contributed by atoms with Crippen LogP contribution in [0.15, 0.2) is 73.1 Å². The predicted molar refractivity (Wildman–Crippen MR) is 363 cm³/mol. The number of hydrogen-bond acceptors (Lipinski definition) is 15. The number of unbranched alkanes of at least 4 members (excludes halogenated alkanes) is 2. The van der Waals surface area contributed by atoms with Gasteiger partial charge >= 0.3 is 12.1 Å². The van der Waals surface area contributed by atoms with Gasteiger partial charge in [-0.2, -0.15) is 0 Å². The van der Waals surface area contributed by atoms with Crippen molar-refractivity contribution in [3.8, 4) is 0 Å². The molecule has 0 saturated carbocycles. The van der Waals surface area contributed by atoms with Crippen LogP contribution in [-0.4, -0.2) is 193 Å². The van der Waals surface area contributed by atoms with Crippen LogP contribution in [0.2, 0.25) is 0 Å². The van der Waals surface area contributed by atoms with Crippen molar-refractivity contribution >= 4 is 81.7 Å². The topological polar surface area (TPSA) is 340 Å². The molecular formula is C70H104N12O14. The van der Waals surface area contributed by atoms with Crippen LogP contribution in [0.3, 0.4) is 0 Å². The molecule has 12 amide bonds. The van der Waals surface area contributed by atoms with E-state index in [1.807, 2.05) is 65.1 Å². The number of methoxy groups -OCH3 is 2. The second kappa shape index (κ2) is 38.3. The maximum atomic E-state index is 14.8. The van der Waals surface area contributed by atoms with Crippen molar-refractivity contribution < 1.29 is 67.0 Å². The van der Waals surface area contributed by atoms with Crippen LogP contribution < -0.4 is 37.6 Å². The highest BCUT2D eigenvalue weighted by atomic mass is 16.6. The van der Waals surface area contributed by atoms with Gasteiger partial charge in [0.1, 0.15) is 30.8 Å². The lowest BCUT2D eigenvalue weighted by Crippen LogP contribution is -2.60. The largest absolute Gasteiger partial charge is 0.445 e. The van der Waals surface area contributed by atoms with Gasteiger partial charge in [-0.1, -0.05) is 105 Å². The predicted octanol–water partition coefficient (Wildman–Crippen LogP) is 5.75. The fraction of sp³-hybridized carbons (Fsp3) is 0.600. The summed E-state index contributed by atoms with van der Waals surface area (Å²) in [6.45, 7) is 17.5. The molecule has 0 unspecified atom stereocenters.